The molecule has 7 heteroatoms. The second-order valence-electron chi connectivity index (χ2n) is 7.14. The fourth-order valence-corrected chi connectivity index (χ4v) is 4.68. The minimum Gasteiger partial charge on any atom is -0.270 e. The fraction of sp³-hybridized carbons (Fsp3) is 0.130. The van der Waals surface area contributed by atoms with Gasteiger partial charge in [-0.25, -0.2) is 13.1 Å². The van der Waals surface area contributed by atoms with Crippen LogP contribution in [0.2, 0.25) is 0 Å². The molecule has 0 unspecified atom stereocenters. The van der Waals surface area contributed by atoms with Crippen molar-refractivity contribution in [2.24, 2.45) is 0 Å². The Balaban J connectivity index is 1.48. The lowest BCUT2D eigenvalue weighted by atomic mass is 10.1. The molecule has 2 amide bonds. The van der Waals surface area contributed by atoms with E-state index in [-0.39, 0.29) is 29.3 Å². The molecule has 0 radical (unpaired) electrons. The van der Waals surface area contributed by atoms with Gasteiger partial charge in [0.05, 0.1) is 22.6 Å². The van der Waals surface area contributed by atoms with Gasteiger partial charge in [0.1, 0.15) is 0 Å². The van der Waals surface area contributed by atoms with Crippen LogP contribution in [0.15, 0.2) is 83.8 Å². The number of imide groups is 1. The van der Waals surface area contributed by atoms with Gasteiger partial charge in [0.15, 0.2) is 0 Å². The number of fused-ring (bicyclic) bond motifs is 1. The molecule has 3 aromatic rings. The van der Waals surface area contributed by atoms with E-state index >= 15 is 0 Å². The number of benzene rings is 3. The Hall–Kier alpha value is -3.29. The summed E-state index contributed by atoms with van der Waals surface area (Å²) in [5.74, 6) is -0.684. The molecular weight excluding hydrogens is 400 g/mol. The zero-order chi connectivity index (χ0) is 21.3. The molecule has 0 saturated carbocycles. The second kappa shape index (κ2) is 7.85. The van der Waals surface area contributed by atoms with Gasteiger partial charge < -0.3 is 0 Å². The highest BCUT2D eigenvalue weighted by atomic mass is 32.2. The highest BCUT2D eigenvalue weighted by Gasteiger charge is 2.35. The lowest BCUT2D eigenvalue weighted by Gasteiger charge is -2.16. The molecule has 1 N–H and O–H groups in total. The maximum atomic E-state index is 12.7. The van der Waals surface area contributed by atoms with Crippen molar-refractivity contribution in [2.45, 2.75) is 24.4 Å². The van der Waals surface area contributed by atoms with Crippen LogP contribution in [0.5, 0.6) is 0 Å². The number of carbonyl (C=O) groups excluding carboxylic acids is 2. The molecule has 0 bridgehead atoms. The van der Waals surface area contributed by atoms with Crippen LogP contribution in [0.1, 0.15) is 44.8 Å². The predicted octanol–water partition coefficient (Wildman–Crippen LogP) is 3.52. The zero-order valence-corrected chi connectivity index (χ0v) is 17.1. The largest absolute Gasteiger partial charge is 0.270 e. The number of hydrogen-bond acceptors (Lipinski definition) is 4. The van der Waals surface area contributed by atoms with Gasteiger partial charge in [0.2, 0.25) is 10.0 Å². The highest BCUT2D eigenvalue weighted by Crippen LogP contribution is 2.25. The van der Waals surface area contributed by atoms with Crippen molar-refractivity contribution < 1.29 is 18.0 Å². The molecule has 0 spiro atoms. The summed E-state index contributed by atoms with van der Waals surface area (Å²) in [6.45, 7) is 1.87. The summed E-state index contributed by atoms with van der Waals surface area (Å²) in [5.41, 5.74) is 2.31. The first-order chi connectivity index (χ1) is 14.4. The van der Waals surface area contributed by atoms with E-state index < -0.39 is 10.0 Å². The van der Waals surface area contributed by atoms with E-state index in [1.165, 1.54) is 17.0 Å². The van der Waals surface area contributed by atoms with Crippen molar-refractivity contribution >= 4 is 21.8 Å². The average Bonchev–Trinajstić information content (AvgIpc) is 2.99. The number of carbonyl (C=O) groups is 2. The van der Waals surface area contributed by atoms with Crippen molar-refractivity contribution in [1.29, 1.82) is 0 Å². The highest BCUT2D eigenvalue weighted by molar-refractivity contribution is 7.89. The lowest BCUT2D eigenvalue weighted by Crippen LogP contribution is -2.29. The standard InChI is InChI=1S/C23H20N2O4S/c1-16(18-7-3-2-4-8-18)24-30(28,29)19-13-11-17(12-14-19)15-25-22(26)20-9-5-6-10-21(20)23(25)27/h2-14,16,24H,15H2,1H3/t16-/m1/s1. The topological polar surface area (TPSA) is 83.6 Å². The number of hydrogen-bond donors (Lipinski definition) is 1. The molecule has 1 aliphatic rings. The van der Waals surface area contributed by atoms with E-state index in [2.05, 4.69) is 4.72 Å². The third kappa shape index (κ3) is 3.77. The van der Waals surface area contributed by atoms with E-state index in [1.807, 2.05) is 30.3 Å². The SMILES string of the molecule is C[C@@H](NS(=O)(=O)c1ccc(CN2C(=O)c3ccccc3C2=O)cc1)c1ccccc1. The fourth-order valence-electron chi connectivity index (χ4n) is 3.45. The molecule has 1 heterocycles. The normalized spacial score (nSPS) is 14.6. The molecule has 0 aromatic heterocycles. The Labute approximate surface area is 175 Å². The summed E-state index contributed by atoms with van der Waals surface area (Å²) in [5, 5.41) is 0. The Morgan fingerprint density at radius 3 is 1.90 bits per heavy atom. The molecule has 6 nitrogen and oxygen atoms in total. The summed E-state index contributed by atoms with van der Waals surface area (Å²) in [6.07, 6.45) is 0. The van der Waals surface area contributed by atoms with Gasteiger partial charge in [-0.3, -0.25) is 14.5 Å². The van der Waals surface area contributed by atoms with Crippen molar-refractivity contribution in [2.75, 3.05) is 0 Å². The Bertz CT molecular complexity index is 1170. The maximum Gasteiger partial charge on any atom is 0.261 e. The summed E-state index contributed by atoms with van der Waals surface area (Å²) in [6, 6.07) is 21.8. The molecule has 4 rings (SSSR count). The number of amides is 2. The van der Waals surface area contributed by atoms with Crippen LogP contribution in [0.4, 0.5) is 0 Å². The van der Waals surface area contributed by atoms with Gasteiger partial charge in [-0.1, -0.05) is 54.6 Å². The minimum absolute atomic E-state index is 0.0839. The van der Waals surface area contributed by atoms with Crippen molar-refractivity contribution in [3.63, 3.8) is 0 Å². The van der Waals surface area contributed by atoms with Crippen LogP contribution in [-0.2, 0) is 16.6 Å². The summed E-state index contributed by atoms with van der Waals surface area (Å²) >= 11 is 0. The van der Waals surface area contributed by atoms with Gasteiger partial charge in [-0.15, -0.1) is 0 Å². The van der Waals surface area contributed by atoms with Gasteiger partial charge >= 0.3 is 0 Å². The average molecular weight is 420 g/mol. The Kier molecular flexibility index (Phi) is 5.24. The Morgan fingerprint density at radius 1 is 0.800 bits per heavy atom. The third-order valence-electron chi connectivity index (χ3n) is 5.08. The molecular formula is C23H20N2O4S. The predicted molar refractivity (Wildman–Crippen MR) is 112 cm³/mol. The third-order valence-corrected chi connectivity index (χ3v) is 6.64. The van der Waals surface area contributed by atoms with Crippen LogP contribution >= 0.6 is 0 Å². The smallest absolute Gasteiger partial charge is 0.261 e. The van der Waals surface area contributed by atoms with Crippen LogP contribution in [0, 0.1) is 0 Å². The second-order valence-corrected chi connectivity index (χ2v) is 8.85. The molecule has 0 fully saturated rings. The summed E-state index contributed by atoms with van der Waals surface area (Å²) in [4.78, 5) is 26.3. The van der Waals surface area contributed by atoms with Crippen molar-refractivity contribution in [3.8, 4) is 0 Å². The van der Waals surface area contributed by atoms with E-state index in [0.29, 0.717) is 16.7 Å². The minimum atomic E-state index is -3.71. The molecule has 0 saturated heterocycles. The van der Waals surface area contributed by atoms with Crippen LogP contribution in [0.3, 0.4) is 0 Å². The molecule has 3 aromatic carbocycles. The van der Waals surface area contributed by atoms with E-state index in [1.54, 1.807) is 43.3 Å². The van der Waals surface area contributed by atoms with Gasteiger partial charge in [-0.05, 0) is 42.3 Å². The number of rotatable bonds is 6. The zero-order valence-electron chi connectivity index (χ0n) is 16.3. The van der Waals surface area contributed by atoms with Crippen LogP contribution < -0.4 is 4.72 Å². The molecule has 1 aliphatic heterocycles. The number of nitrogens with one attached hydrogen (secondary N) is 1. The molecule has 1 atom stereocenters. The van der Waals surface area contributed by atoms with Gasteiger partial charge in [-0.2, -0.15) is 0 Å². The van der Waals surface area contributed by atoms with Crippen molar-refractivity contribution in [1.82, 2.24) is 9.62 Å². The molecule has 30 heavy (non-hydrogen) atoms. The summed E-state index contributed by atoms with van der Waals surface area (Å²) < 4.78 is 28.1. The first kappa shape index (κ1) is 20.0. The van der Waals surface area contributed by atoms with Crippen molar-refractivity contribution in [3.05, 3.63) is 101 Å². The van der Waals surface area contributed by atoms with Crippen LogP contribution in [0.25, 0.3) is 0 Å². The Morgan fingerprint density at radius 2 is 1.33 bits per heavy atom. The van der Waals surface area contributed by atoms with E-state index in [9.17, 15) is 18.0 Å². The van der Waals surface area contributed by atoms with Gasteiger partial charge in [0, 0.05) is 6.04 Å². The van der Waals surface area contributed by atoms with Crippen LogP contribution in [-0.4, -0.2) is 25.1 Å². The molecule has 0 aliphatic carbocycles. The first-order valence-electron chi connectivity index (χ1n) is 9.48. The quantitative estimate of drug-likeness (QED) is 0.619. The maximum absolute atomic E-state index is 12.7. The lowest BCUT2D eigenvalue weighted by molar-refractivity contribution is 0.0642. The number of sulfonamides is 1. The molecule has 152 valence electrons. The monoisotopic (exact) mass is 420 g/mol. The van der Waals surface area contributed by atoms with Gasteiger partial charge in [0.25, 0.3) is 11.8 Å². The number of nitrogens with zero attached hydrogens (tertiary/aromatic N) is 1. The summed E-state index contributed by atoms with van der Waals surface area (Å²) in [7, 11) is -3.71. The van der Waals surface area contributed by atoms with E-state index in [4.69, 9.17) is 0 Å². The van der Waals surface area contributed by atoms with E-state index in [0.717, 1.165) is 5.56 Å². The first-order valence-corrected chi connectivity index (χ1v) is 11.0.